The Morgan fingerprint density at radius 2 is 1.62 bits per heavy atom. The van der Waals surface area contributed by atoms with Gasteiger partial charge in [0.05, 0.1) is 11.1 Å². The van der Waals surface area contributed by atoms with E-state index in [0.717, 1.165) is 17.7 Å². The van der Waals surface area contributed by atoms with Gasteiger partial charge >= 0.3 is 0 Å². The molecule has 2 fully saturated rings. The van der Waals surface area contributed by atoms with Crippen LogP contribution in [0.5, 0.6) is 0 Å². The largest absolute Gasteiger partial charge is 0.383 e. The minimum atomic E-state index is -1.17. The van der Waals surface area contributed by atoms with Crippen molar-refractivity contribution in [3.8, 4) is 0 Å². The number of anilines is 1. The fraction of sp³-hybridized carbons (Fsp3) is 0.286. The molecule has 122 valence electrons. The summed E-state index contributed by atoms with van der Waals surface area (Å²) in [5, 5.41) is 11.3. The number of amides is 1. The summed E-state index contributed by atoms with van der Waals surface area (Å²) >= 11 is 0. The van der Waals surface area contributed by atoms with Gasteiger partial charge in [-0.05, 0) is 43.0 Å². The smallest absolute Gasteiger partial charge is 0.241 e. The third kappa shape index (κ3) is 1.91. The molecule has 3 unspecified atom stereocenters. The average molecular weight is 319 g/mol. The van der Waals surface area contributed by atoms with E-state index in [-0.39, 0.29) is 11.8 Å². The van der Waals surface area contributed by atoms with Crippen LogP contribution < -0.4 is 4.90 Å². The fourth-order valence-electron chi connectivity index (χ4n) is 4.11. The van der Waals surface area contributed by atoms with Gasteiger partial charge in [-0.1, -0.05) is 55.5 Å². The molecule has 24 heavy (non-hydrogen) atoms. The lowest BCUT2D eigenvalue weighted by molar-refractivity contribution is -0.126. The molecular weight excluding hydrogens is 298 g/mol. The Bertz CT molecular complexity index is 810. The summed E-state index contributed by atoms with van der Waals surface area (Å²) in [6, 6.07) is 19.4. The molecule has 1 heterocycles. The van der Waals surface area contributed by atoms with Gasteiger partial charge in [0.25, 0.3) is 0 Å². The van der Waals surface area contributed by atoms with Gasteiger partial charge in [0, 0.05) is 5.69 Å². The number of hydrogen-bond donors (Lipinski definition) is 1. The van der Waals surface area contributed by atoms with E-state index >= 15 is 0 Å². The normalized spacial score (nSPS) is 33.5. The van der Waals surface area contributed by atoms with Crippen LogP contribution in [0.3, 0.4) is 0 Å². The molecular formula is C21H21NO2. The standard InChI is InChI=1S/C21H21NO2/c1-15-14-21(15)19(23)22(17-11-7-4-8-12-17)18(20(21,2)24)13-16-9-5-3-6-10-16/h3-13,15,24H,14H2,1-2H3/b18-13-. The number of nitrogens with zero attached hydrogens (tertiary/aromatic N) is 1. The van der Waals surface area contributed by atoms with Crippen LogP contribution in [0.2, 0.25) is 0 Å². The number of benzene rings is 2. The molecule has 2 aliphatic rings. The van der Waals surface area contributed by atoms with Crippen molar-refractivity contribution < 1.29 is 9.90 Å². The van der Waals surface area contributed by atoms with E-state index in [4.69, 9.17) is 0 Å². The van der Waals surface area contributed by atoms with Crippen LogP contribution in [-0.2, 0) is 4.79 Å². The Hall–Kier alpha value is -2.39. The highest BCUT2D eigenvalue weighted by Crippen LogP contribution is 2.67. The Balaban J connectivity index is 1.90. The minimum Gasteiger partial charge on any atom is -0.383 e. The third-order valence-corrected chi connectivity index (χ3v) is 5.62. The molecule has 1 saturated carbocycles. The van der Waals surface area contributed by atoms with E-state index in [1.165, 1.54) is 0 Å². The lowest BCUT2D eigenvalue weighted by atomic mass is 9.84. The average Bonchev–Trinajstić information content (AvgIpc) is 3.25. The molecule has 3 atom stereocenters. The summed E-state index contributed by atoms with van der Waals surface area (Å²) in [7, 11) is 0. The third-order valence-electron chi connectivity index (χ3n) is 5.62. The second kappa shape index (κ2) is 5.05. The van der Waals surface area contributed by atoms with Crippen molar-refractivity contribution >= 4 is 17.7 Å². The predicted molar refractivity (Wildman–Crippen MR) is 95.2 cm³/mol. The summed E-state index contributed by atoms with van der Waals surface area (Å²) in [6.45, 7) is 3.83. The number of carbonyl (C=O) groups is 1. The van der Waals surface area contributed by atoms with E-state index in [1.54, 1.807) is 11.8 Å². The Kier molecular flexibility index (Phi) is 3.19. The second-order valence-corrected chi connectivity index (χ2v) is 7.07. The summed E-state index contributed by atoms with van der Waals surface area (Å²) in [5.41, 5.74) is 0.584. The Morgan fingerprint density at radius 3 is 2.17 bits per heavy atom. The highest BCUT2D eigenvalue weighted by molar-refractivity contribution is 6.09. The molecule has 1 amide bonds. The molecule has 1 saturated heterocycles. The van der Waals surface area contributed by atoms with Gasteiger partial charge in [0.2, 0.25) is 5.91 Å². The number of rotatable bonds is 2. The van der Waals surface area contributed by atoms with Crippen molar-refractivity contribution in [3.63, 3.8) is 0 Å². The first kappa shape index (κ1) is 15.2. The summed E-state index contributed by atoms with van der Waals surface area (Å²) in [4.78, 5) is 14.9. The van der Waals surface area contributed by atoms with Crippen molar-refractivity contribution in [3.05, 3.63) is 71.9 Å². The quantitative estimate of drug-likeness (QED) is 0.913. The van der Waals surface area contributed by atoms with Crippen LogP contribution in [0.15, 0.2) is 66.4 Å². The number of hydrogen-bond acceptors (Lipinski definition) is 2. The van der Waals surface area contributed by atoms with Crippen molar-refractivity contribution in [2.24, 2.45) is 11.3 Å². The first-order chi connectivity index (χ1) is 11.5. The zero-order valence-electron chi connectivity index (χ0n) is 13.9. The zero-order chi connectivity index (χ0) is 16.9. The monoisotopic (exact) mass is 319 g/mol. The molecule has 0 bridgehead atoms. The summed E-state index contributed by atoms with van der Waals surface area (Å²) in [6.07, 6.45) is 2.67. The van der Waals surface area contributed by atoms with E-state index in [2.05, 4.69) is 0 Å². The number of para-hydroxylation sites is 1. The van der Waals surface area contributed by atoms with Crippen LogP contribution in [0.25, 0.3) is 6.08 Å². The van der Waals surface area contributed by atoms with Crippen LogP contribution in [0, 0.1) is 11.3 Å². The highest BCUT2D eigenvalue weighted by Gasteiger charge is 2.74. The van der Waals surface area contributed by atoms with Gasteiger partial charge < -0.3 is 5.11 Å². The summed E-state index contributed by atoms with van der Waals surface area (Å²) < 4.78 is 0. The maximum Gasteiger partial charge on any atom is 0.241 e. The molecule has 0 radical (unpaired) electrons. The Labute approximate surface area is 142 Å². The van der Waals surface area contributed by atoms with Crippen LogP contribution >= 0.6 is 0 Å². The highest BCUT2D eigenvalue weighted by atomic mass is 16.3. The molecule has 2 aromatic carbocycles. The molecule has 1 aliphatic carbocycles. The second-order valence-electron chi connectivity index (χ2n) is 7.07. The van der Waals surface area contributed by atoms with E-state index < -0.39 is 11.0 Å². The van der Waals surface area contributed by atoms with Gasteiger partial charge in [0.1, 0.15) is 5.60 Å². The molecule has 1 spiro atoms. The first-order valence-corrected chi connectivity index (χ1v) is 8.38. The Morgan fingerprint density at radius 1 is 1.08 bits per heavy atom. The lowest BCUT2D eigenvalue weighted by Crippen LogP contribution is -2.36. The number of aliphatic hydroxyl groups is 1. The molecule has 1 N–H and O–H groups in total. The van der Waals surface area contributed by atoms with Crippen LogP contribution in [0.4, 0.5) is 5.69 Å². The molecule has 4 rings (SSSR count). The van der Waals surface area contributed by atoms with Gasteiger partial charge in [-0.15, -0.1) is 0 Å². The van der Waals surface area contributed by atoms with Gasteiger partial charge in [-0.25, -0.2) is 0 Å². The zero-order valence-corrected chi connectivity index (χ0v) is 13.9. The van der Waals surface area contributed by atoms with Crippen LogP contribution in [-0.4, -0.2) is 16.6 Å². The summed E-state index contributed by atoms with van der Waals surface area (Å²) in [5.74, 6) is 0.196. The molecule has 3 nitrogen and oxygen atoms in total. The van der Waals surface area contributed by atoms with E-state index in [9.17, 15) is 9.90 Å². The number of carbonyl (C=O) groups excluding carboxylic acids is 1. The van der Waals surface area contributed by atoms with Crippen molar-refractivity contribution in [1.29, 1.82) is 0 Å². The molecule has 1 aliphatic heterocycles. The van der Waals surface area contributed by atoms with Crippen molar-refractivity contribution in [2.75, 3.05) is 4.90 Å². The van der Waals surface area contributed by atoms with Gasteiger partial charge in [-0.2, -0.15) is 0 Å². The maximum atomic E-state index is 13.2. The van der Waals surface area contributed by atoms with E-state index in [1.807, 2.05) is 73.7 Å². The van der Waals surface area contributed by atoms with Crippen molar-refractivity contribution in [1.82, 2.24) is 0 Å². The minimum absolute atomic E-state index is 0.00776. The molecule has 2 aromatic rings. The van der Waals surface area contributed by atoms with Crippen LogP contribution in [0.1, 0.15) is 25.8 Å². The van der Waals surface area contributed by atoms with Gasteiger partial charge in [-0.3, -0.25) is 9.69 Å². The maximum absolute atomic E-state index is 13.2. The first-order valence-electron chi connectivity index (χ1n) is 8.38. The SMILES string of the molecule is CC1CC12C(=O)N(c1ccccc1)/C(=C\c1ccccc1)C2(C)O. The molecule has 3 heteroatoms. The van der Waals surface area contributed by atoms with Crippen molar-refractivity contribution in [2.45, 2.75) is 25.9 Å². The predicted octanol–water partition coefficient (Wildman–Crippen LogP) is 3.85. The van der Waals surface area contributed by atoms with E-state index in [0.29, 0.717) is 5.70 Å². The van der Waals surface area contributed by atoms with Gasteiger partial charge in [0.15, 0.2) is 0 Å². The topological polar surface area (TPSA) is 40.5 Å². The fourth-order valence-corrected chi connectivity index (χ4v) is 4.11. The molecule has 0 aromatic heterocycles. The lowest BCUT2D eigenvalue weighted by Gasteiger charge is -2.26.